The Hall–Kier alpha value is -2.89. The molecule has 2 heterocycles. The quantitative estimate of drug-likeness (QED) is 0.923. The van der Waals surface area contributed by atoms with E-state index in [1.54, 1.807) is 9.80 Å². The fourth-order valence-electron chi connectivity index (χ4n) is 3.10. The topological polar surface area (TPSA) is 65.5 Å². The lowest BCUT2D eigenvalue weighted by atomic mass is 10.1. The summed E-state index contributed by atoms with van der Waals surface area (Å²) in [6.07, 6.45) is 0. The summed E-state index contributed by atoms with van der Waals surface area (Å²) in [7, 11) is 0. The van der Waals surface area contributed by atoms with Crippen molar-refractivity contribution in [2.75, 3.05) is 32.7 Å². The van der Waals surface area contributed by atoms with Crippen LogP contribution in [0.25, 0.3) is 11.3 Å². The molecule has 1 aromatic heterocycles. The minimum atomic E-state index is -0.0651. The lowest BCUT2D eigenvalue weighted by Gasteiger charge is -2.34. The van der Waals surface area contributed by atoms with Crippen LogP contribution in [0.1, 0.15) is 23.0 Å². The van der Waals surface area contributed by atoms with E-state index >= 15 is 0 Å². The van der Waals surface area contributed by atoms with Crippen LogP contribution in [-0.2, 0) is 0 Å². The molecule has 0 unspecified atom stereocenters. The van der Waals surface area contributed by atoms with Gasteiger partial charge in [0.25, 0.3) is 5.91 Å². The van der Waals surface area contributed by atoms with Gasteiger partial charge < -0.3 is 15.1 Å². The van der Waals surface area contributed by atoms with E-state index in [9.17, 15) is 9.59 Å². The summed E-state index contributed by atoms with van der Waals surface area (Å²) in [6, 6.07) is 13.6. The SMILES string of the molecule is CCNC(=O)N1CCN(C(=O)c2ccc(-c3ccccc3)nc2C)CC1. The van der Waals surface area contributed by atoms with Crippen LogP contribution in [0.4, 0.5) is 4.79 Å². The van der Waals surface area contributed by atoms with E-state index in [1.807, 2.05) is 56.3 Å². The Kier molecular flexibility index (Phi) is 5.51. The molecule has 6 heteroatoms. The molecule has 0 atom stereocenters. The average Bonchev–Trinajstić information content (AvgIpc) is 2.68. The zero-order valence-corrected chi connectivity index (χ0v) is 15.2. The number of carbonyl (C=O) groups excluding carboxylic acids is 2. The first-order chi connectivity index (χ1) is 12.6. The first-order valence-electron chi connectivity index (χ1n) is 8.95. The van der Waals surface area contributed by atoms with Crippen LogP contribution in [0.2, 0.25) is 0 Å². The molecule has 1 aliphatic heterocycles. The van der Waals surface area contributed by atoms with Crippen molar-refractivity contribution in [3.8, 4) is 11.3 Å². The standard InChI is InChI=1S/C20H24N4O2/c1-3-21-20(26)24-13-11-23(12-14-24)19(25)17-9-10-18(22-15(17)2)16-7-5-4-6-8-16/h4-10H,3,11-14H2,1-2H3,(H,21,26). The van der Waals surface area contributed by atoms with Gasteiger partial charge in [0.05, 0.1) is 17.0 Å². The van der Waals surface area contributed by atoms with E-state index in [0.717, 1.165) is 17.0 Å². The molecule has 1 aromatic carbocycles. The summed E-state index contributed by atoms with van der Waals surface area (Å²) in [5, 5.41) is 2.80. The predicted molar refractivity (Wildman–Crippen MR) is 101 cm³/mol. The molecule has 1 saturated heterocycles. The van der Waals surface area contributed by atoms with Gasteiger partial charge in [0.15, 0.2) is 0 Å². The van der Waals surface area contributed by atoms with Gasteiger partial charge in [0.2, 0.25) is 0 Å². The second-order valence-corrected chi connectivity index (χ2v) is 6.31. The number of aromatic nitrogens is 1. The van der Waals surface area contributed by atoms with E-state index in [2.05, 4.69) is 10.3 Å². The number of carbonyl (C=O) groups is 2. The van der Waals surface area contributed by atoms with Gasteiger partial charge >= 0.3 is 6.03 Å². The van der Waals surface area contributed by atoms with Crippen molar-refractivity contribution >= 4 is 11.9 Å². The number of pyridine rings is 1. The molecule has 1 aliphatic rings. The number of piperazine rings is 1. The highest BCUT2D eigenvalue weighted by Gasteiger charge is 2.25. The lowest BCUT2D eigenvalue weighted by Crippen LogP contribution is -2.53. The molecule has 0 bridgehead atoms. The Morgan fingerprint density at radius 2 is 1.65 bits per heavy atom. The van der Waals surface area contributed by atoms with Crippen molar-refractivity contribution < 1.29 is 9.59 Å². The first-order valence-corrected chi connectivity index (χ1v) is 8.95. The number of nitrogens with one attached hydrogen (secondary N) is 1. The minimum absolute atomic E-state index is 0.0230. The molecule has 6 nitrogen and oxygen atoms in total. The normalized spacial score (nSPS) is 14.2. The molecule has 0 aliphatic carbocycles. The van der Waals surface area contributed by atoms with Crippen molar-refractivity contribution in [2.45, 2.75) is 13.8 Å². The minimum Gasteiger partial charge on any atom is -0.338 e. The fourth-order valence-corrected chi connectivity index (χ4v) is 3.10. The number of aryl methyl sites for hydroxylation is 1. The molecule has 1 N–H and O–H groups in total. The number of nitrogens with zero attached hydrogens (tertiary/aromatic N) is 3. The molecule has 3 rings (SSSR count). The molecule has 0 saturated carbocycles. The number of urea groups is 1. The highest BCUT2D eigenvalue weighted by Crippen LogP contribution is 2.20. The van der Waals surface area contributed by atoms with Gasteiger partial charge in [0, 0.05) is 38.3 Å². The summed E-state index contributed by atoms with van der Waals surface area (Å²) in [4.78, 5) is 32.9. The van der Waals surface area contributed by atoms with Gasteiger partial charge in [-0.15, -0.1) is 0 Å². The highest BCUT2D eigenvalue weighted by atomic mass is 16.2. The summed E-state index contributed by atoms with van der Waals surface area (Å²) in [6.45, 7) is 6.54. The third kappa shape index (κ3) is 3.85. The van der Waals surface area contributed by atoms with Crippen LogP contribution < -0.4 is 5.32 Å². The van der Waals surface area contributed by atoms with Gasteiger partial charge in [-0.25, -0.2) is 4.79 Å². The van der Waals surface area contributed by atoms with Crippen molar-refractivity contribution in [2.24, 2.45) is 0 Å². The van der Waals surface area contributed by atoms with Gasteiger partial charge in [-0.1, -0.05) is 30.3 Å². The zero-order chi connectivity index (χ0) is 18.5. The summed E-state index contributed by atoms with van der Waals surface area (Å²) < 4.78 is 0. The summed E-state index contributed by atoms with van der Waals surface area (Å²) >= 11 is 0. The summed E-state index contributed by atoms with van der Waals surface area (Å²) in [5.41, 5.74) is 3.24. The Morgan fingerprint density at radius 3 is 2.27 bits per heavy atom. The van der Waals surface area contributed by atoms with E-state index in [0.29, 0.717) is 38.3 Å². The third-order valence-corrected chi connectivity index (χ3v) is 4.57. The van der Waals surface area contributed by atoms with Crippen LogP contribution >= 0.6 is 0 Å². The number of benzene rings is 1. The van der Waals surface area contributed by atoms with Gasteiger partial charge in [-0.2, -0.15) is 0 Å². The average molecular weight is 352 g/mol. The smallest absolute Gasteiger partial charge is 0.317 e. The third-order valence-electron chi connectivity index (χ3n) is 4.57. The number of rotatable bonds is 3. The van der Waals surface area contributed by atoms with Crippen molar-refractivity contribution in [1.29, 1.82) is 0 Å². The molecular formula is C20H24N4O2. The maximum atomic E-state index is 12.8. The molecule has 26 heavy (non-hydrogen) atoms. The Bertz CT molecular complexity index is 784. The molecule has 0 spiro atoms. The Morgan fingerprint density at radius 1 is 1.00 bits per heavy atom. The van der Waals surface area contributed by atoms with Crippen molar-refractivity contribution in [3.63, 3.8) is 0 Å². The Balaban J connectivity index is 1.68. The molecule has 1 fully saturated rings. The van der Waals surface area contributed by atoms with Crippen molar-refractivity contribution in [1.82, 2.24) is 20.1 Å². The molecule has 0 radical (unpaired) electrons. The number of hydrogen-bond acceptors (Lipinski definition) is 3. The zero-order valence-electron chi connectivity index (χ0n) is 15.2. The first kappa shape index (κ1) is 17.9. The van der Waals surface area contributed by atoms with E-state index in [4.69, 9.17) is 0 Å². The van der Waals surface area contributed by atoms with Gasteiger partial charge in [0.1, 0.15) is 0 Å². The largest absolute Gasteiger partial charge is 0.338 e. The van der Waals surface area contributed by atoms with E-state index in [-0.39, 0.29) is 11.9 Å². The van der Waals surface area contributed by atoms with Crippen LogP contribution in [0.3, 0.4) is 0 Å². The lowest BCUT2D eigenvalue weighted by molar-refractivity contribution is 0.0664. The van der Waals surface area contributed by atoms with Crippen LogP contribution in [0.15, 0.2) is 42.5 Å². The molecule has 136 valence electrons. The molecular weight excluding hydrogens is 328 g/mol. The predicted octanol–water partition coefficient (Wildman–Crippen LogP) is 2.54. The molecule has 3 amide bonds. The second kappa shape index (κ2) is 7.99. The molecule has 2 aromatic rings. The number of amides is 3. The van der Waals surface area contributed by atoms with Gasteiger partial charge in [-0.3, -0.25) is 9.78 Å². The summed E-state index contributed by atoms with van der Waals surface area (Å²) in [5.74, 6) is -0.0230. The van der Waals surface area contributed by atoms with E-state index in [1.165, 1.54) is 0 Å². The van der Waals surface area contributed by atoms with Crippen LogP contribution in [0.5, 0.6) is 0 Å². The second-order valence-electron chi connectivity index (χ2n) is 6.31. The Labute approximate surface area is 153 Å². The van der Waals surface area contributed by atoms with E-state index < -0.39 is 0 Å². The number of hydrogen-bond donors (Lipinski definition) is 1. The maximum absolute atomic E-state index is 12.8. The maximum Gasteiger partial charge on any atom is 0.317 e. The van der Waals surface area contributed by atoms with Crippen LogP contribution in [-0.4, -0.2) is 59.4 Å². The van der Waals surface area contributed by atoms with Crippen LogP contribution in [0, 0.1) is 6.92 Å². The van der Waals surface area contributed by atoms with Crippen molar-refractivity contribution in [3.05, 3.63) is 53.7 Å². The fraction of sp³-hybridized carbons (Fsp3) is 0.350. The monoisotopic (exact) mass is 352 g/mol. The van der Waals surface area contributed by atoms with Gasteiger partial charge in [-0.05, 0) is 26.0 Å². The highest BCUT2D eigenvalue weighted by molar-refractivity contribution is 5.95.